The maximum Gasteiger partial charge on any atom is 0.330 e. The average molecular weight is 350 g/mol. The summed E-state index contributed by atoms with van der Waals surface area (Å²) >= 11 is 0. The molecule has 0 aromatic heterocycles. The number of carboxylic acid groups (broad SMARTS) is 1. The van der Waals surface area contributed by atoms with E-state index in [0.717, 1.165) is 25.7 Å². The summed E-state index contributed by atoms with van der Waals surface area (Å²) in [6.45, 7) is 1.86. The molecule has 2 N–H and O–H groups in total. The van der Waals surface area contributed by atoms with E-state index in [0.29, 0.717) is 24.1 Å². The van der Waals surface area contributed by atoms with Crippen molar-refractivity contribution in [3.8, 4) is 0 Å². The molecule has 1 unspecified atom stereocenters. The lowest BCUT2D eigenvalue weighted by atomic mass is 10.0. The van der Waals surface area contributed by atoms with Gasteiger partial charge >= 0.3 is 5.97 Å². The van der Waals surface area contributed by atoms with Gasteiger partial charge in [-0.25, -0.2) is 9.18 Å². The van der Waals surface area contributed by atoms with E-state index in [1.165, 1.54) is 30.0 Å². The molecule has 0 spiro atoms. The molecule has 2 rings (SSSR count). The van der Waals surface area contributed by atoms with Crippen LogP contribution in [0, 0.1) is 12.7 Å². The third kappa shape index (κ3) is 5.27. The fourth-order valence-corrected chi connectivity index (χ4v) is 2.90. The normalized spacial score (nSPS) is 16.7. The molecule has 0 aliphatic carbocycles. The average Bonchev–Trinajstić information content (AvgIpc) is 2.55. The number of hydrogen-bond acceptors (Lipinski definition) is 3. The quantitative estimate of drug-likeness (QED) is 0.852. The van der Waals surface area contributed by atoms with Gasteiger partial charge in [-0.1, -0.05) is 25.0 Å². The Morgan fingerprint density at radius 1 is 1.28 bits per heavy atom. The molecule has 1 saturated heterocycles. The van der Waals surface area contributed by atoms with Crippen LogP contribution in [0.5, 0.6) is 0 Å². The highest BCUT2D eigenvalue weighted by Crippen LogP contribution is 2.18. The van der Waals surface area contributed by atoms with Crippen LogP contribution in [0.15, 0.2) is 18.2 Å². The number of carboxylic acids is 1. The first-order valence-electron chi connectivity index (χ1n) is 8.44. The highest BCUT2D eigenvalue weighted by molar-refractivity contribution is 5.88. The lowest BCUT2D eigenvalue weighted by Crippen LogP contribution is -2.44. The minimum atomic E-state index is -1.28. The summed E-state index contributed by atoms with van der Waals surface area (Å²) in [4.78, 5) is 37.3. The number of carbonyl (C=O) groups is 3. The molecule has 0 saturated carbocycles. The largest absolute Gasteiger partial charge is 0.479 e. The molecule has 1 fully saturated rings. The number of aliphatic carboxylic acids is 1. The Morgan fingerprint density at radius 3 is 2.68 bits per heavy atom. The zero-order valence-corrected chi connectivity index (χ0v) is 14.3. The highest BCUT2D eigenvalue weighted by atomic mass is 19.1. The summed E-state index contributed by atoms with van der Waals surface area (Å²) in [5, 5.41) is 11.8. The van der Waals surface area contributed by atoms with Crippen molar-refractivity contribution in [3.05, 3.63) is 35.1 Å². The molecule has 1 atom stereocenters. The van der Waals surface area contributed by atoms with Crippen molar-refractivity contribution < 1.29 is 23.9 Å². The van der Waals surface area contributed by atoms with Gasteiger partial charge in [0.15, 0.2) is 6.04 Å². The van der Waals surface area contributed by atoms with E-state index in [2.05, 4.69) is 5.32 Å². The van der Waals surface area contributed by atoms with E-state index in [-0.39, 0.29) is 12.5 Å². The molecule has 1 aromatic rings. The van der Waals surface area contributed by atoms with E-state index >= 15 is 0 Å². The van der Waals surface area contributed by atoms with Gasteiger partial charge in [0.1, 0.15) is 5.82 Å². The van der Waals surface area contributed by atoms with Gasteiger partial charge in [-0.3, -0.25) is 9.59 Å². The van der Waals surface area contributed by atoms with Crippen LogP contribution in [0.25, 0.3) is 0 Å². The van der Waals surface area contributed by atoms with Gasteiger partial charge in [0.25, 0.3) is 0 Å². The highest BCUT2D eigenvalue weighted by Gasteiger charge is 2.25. The second-order valence-electron chi connectivity index (χ2n) is 6.33. The van der Waals surface area contributed by atoms with E-state index in [1.54, 1.807) is 0 Å². The Bertz CT molecular complexity index is 662. The summed E-state index contributed by atoms with van der Waals surface area (Å²) < 4.78 is 13.4. The summed E-state index contributed by atoms with van der Waals surface area (Å²) in [5.74, 6) is -2.30. The molecule has 136 valence electrons. The zero-order chi connectivity index (χ0) is 18.4. The number of aryl methyl sites for hydroxylation is 1. The van der Waals surface area contributed by atoms with Gasteiger partial charge in [-0.2, -0.15) is 0 Å². The van der Waals surface area contributed by atoms with Crippen LogP contribution in [0.4, 0.5) is 4.39 Å². The topological polar surface area (TPSA) is 86.7 Å². The lowest BCUT2D eigenvalue weighted by molar-refractivity contribution is -0.143. The molecule has 7 heteroatoms. The van der Waals surface area contributed by atoms with Crippen molar-refractivity contribution in [1.82, 2.24) is 10.2 Å². The third-order valence-electron chi connectivity index (χ3n) is 4.32. The number of halogens is 1. The summed E-state index contributed by atoms with van der Waals surface area (Å²) in [6.07, 6.45) is 4.07. The molecule has 2 amide bonds. The Balaban J connectivity index is 2.05. The molecule has 0 bridgehead atoms. The molecule has 1 aliphatic rings. The van der Waals surface area contributed by atoms with Crippen LogP contribution in [-0.2, 0) is 14.4 Å². The number of nitrogens with zero attached hydrogens (tertiary/aromatic N) is 1. The molecule has 1 heterocycles. The molecule has 0 radical (unpaired) electrons. The maximum atomic E-state index is 13.4. The number of rotatable bonds is 5. The predicted molar refractivity (Wildman–Crippen MR) is 89.3 cm³/mol. The van der Waals surface area contributed by atoms with Gasteiger partial charge in [-0.15, -0.1) is 0 Å². The predicted octanol–water partition coefficient (Wildman–Crippen LogP) is 2.17. The van der Waals surface area contributed by atoms with Crippen LogP contribution >= 0.6 is 0 Å². The van der Waals surface area contributed by atoms with Gasteiger partial charge in [0.2, 0.25) is 11.8 Å². The zero-order valence-electron chi connectivity index (χ0n) is 14.3. The number of hydrogen-bond donors (Lipinski definition) is 2. The van der Waals surface area contributed by atoms with Crippen molar-refractivity contribution in [3.63, 3.8) is 0 Å². The van der Waals surface area contributed by atoms with Gasteiger partial charge < -0.3 is 15.3 Å². The minimum absolute atomic E-state index is 0.0839. The number of likely N-dealkylation sites (tertiary alicyclic amines) is 1. The molecule has 6 nitrogen and oxygen atoms in total. The van der Waals surface area contributed by atoms with Crippen LogP contribution < -0.4 is 5.32 Å². The monoisotopic (exact) mass is 350 g/mol. The molecule has 25 heavy (non-hydrogen) atoms. The summed E-state index contributed by atoms with van der Waals surface area (Å²) in [6, 6.07) is 2.63. The Hall–Kier alpha value is -2.44. The molecular formula is C18H23FN2O4. The Morgan fingerprint density at radius 2 is 2.00 bits per heavy atom. The SMILES string of the molecule is Cc1cc(C(NC(=O)CN2CCCCCCC2=O)C(=O)O)ccc1F. The van der Waals surface area contributed by atoms with Crippen LogP contribution in [0.3, 0.4) is 0 Å². The molecule has 1 aliphatic heterocycles. The van der Waals surface area contributed by atoms with Crippen molar-refractivity contribution >= 4 is 17.8 Å². The van der Waals surface area contributed by atoms with Crippen molar-refractivity contribution in [2.75, 3.05) is 13.1 Å². The summed E-state index contributed by atoms with van der Waals surface area (Å²) in [5.41, 5.74) is 0.593. The standard InChI is InChI=1S/C18H23FN2O4/c1-12-10-13(7-8-14(12)19)17(18(24)25)20-15(22)11-21-9-5-3-2-4-6-16(21)23/h7-8,10,17H,2-6,9,11H2,1H3,(H,20,22)(H,24,25). The maximum absolute atomic E-state index is 13.4. The second-order valence-corrected chi connectivity index (χ2v) is 6.33. The first-order chi connectivity index (χ1) is 11.9. The lowest BCUT2D eigenvalue weighted by Gasteiger charge is -2.25. The first-order valence-corrected chi connectivity index (χ1v) is 8.44. The van der Waals surface area contributed by atoms with Gasteiger partial charge in [-0.05, 0) is 37.0 Å². The molecule has 1 aromatic carbocycles. The third-order valence-corrected chi connectivity index (χ3v) is 4.32. The van der Waals surface area contributed by atoms with Crippen molar-refractivity contribution in [2.24, 2.45) is 0 Å². The van der Waals surface area contributed by atoms with E-state index < -0.39 is 23.7 Å². The molecular weight excluding hydrogens is 327 g/mol. The number of amides is 2. The Kier molecular flexibility index (Phi) is 6.50. The Labute approximate surface area is 146 Å². The van der Waals surface area contributed by atoms with E-state index in [9.17, 15) is 23.9 Å². The fraction of sp³-hybridized carbons (Fsp3) is 0.500. The van der Waals surface area contributed by atoms with Crippen molar-refractivity contribution in [1.29, 1.82) is 0 Å². The van der Waals surface area contributed by atoms with Crippen LogP contribution in [-0.4, -0.2) is 40.9 Å². The minimum Gasteiger partial charge on any atom is -0.479 e. The first kappa shape index (κ1) is 18.9. The van der Waals surface area contributed by atoms with Crippen LogP contribution in [0.1, 0.15) is 49.3 Å². The second kappa shape index (κ2) is 8.60. The van der Waals surface area contributed by atoms with E-state index in [1.807, 2.05) is 0 Å². The number of benzene rings is 1. The van der Waals surface area contributed by atoms with Crippen molar-refractivity contribution in [2.45, 2.75) is 45.1 Å². The summed E-state index contributed by atoms with van der Waals surface area (Å²) in [7, 11) is 0. The van der Waals surface area contributed by atoms with Gasteiger partial charge in [0, 0.05) is 13.0 Å². The van der Waals surface area contributed by atoms with Gasteiger partial charge in [0.05, 0.1) is 6.54 Å². The van der Waals surface area contributed by atoms with Crippen LogP contribution in [0.2, 0.25) is 0 Å². The number of carbonyl (C=O) groups excluding carboxylic acids is 2. The number of nitrogens with one attached hydrogen (secondary N) is 1. The fourth-order valence-electron chi connectivity index (χ4n) is 2.90. The van der Waals surface area contributed by atoms with E-state index in [4.69, 9.17) is 0 Å². The smallest absolute Gasteiger partial charge is 0.330 e.